The van der Waals surface area contributed by atoms with Crippen molar-refractivity contribution < 1.29 is 19.2 Å². The first-order valence-electron chi connectivity index (χ1n) is 10.2. The minimum Gasteiger partial charge on any atom is -0.490 e. The zero-order valence-corrected chi connectivity index (χ0v) is 18.9. The highest BCUT2D eigenvalue weighted by atomic mass is 35.5. The lowest BCUT2D eigenvalue weighted by Gasteiger charge is -2.13. The number of halogens is 1. The molecule has 3 rings (SSSR count). The third kappa shape index (κ3) is 6.12. The summed E-state index contributed by atoms with van der Waals surface area (Å²) >= 11 is 6.18. The van der Waals surface area contributed by atoms with E-state index in [9.17, 15) is 20.2 Å². The van der Waals surface area contributed by atoms with E-state index in [1.54, 1.807) is 30.3 Å². The smallest absolute Gasteiger partial charge is 0.292 e. The monoisotopic (exact) mass is 477 g/mol. The highest BCUT2D eigenvalue weighted by molar-refractivity contribution is 6.31. The number of nitro groups is 1. The molecule has 3 aromatic rings. The summed E-state index contributed by atoms with van der Waals surface area (Å²) in [5, 5.41) is 23.7. The first-order chi connectivity index (χ1) is 16.4. The summed E-state index contributed by atoms with van der Waals surface area (Å²) in [6, 6.07) is 19.8. The van der Waals surface area contributed by atoms with Crippen molar-refractivity contribution in [2.45, 2.75) is 13.5 Å². The Kier molecular flexibility index (Phi) is 8.21. The maximum absolute atomic E-state index is 12.6. The fraction of sp³-hybridized carbons (Fsp3) is 0.120. The summed E-state index contributed by atoms with van der Waals surface area (Å²) in [5.41, 5.74) is 0.825. The van der Waals surface area contributed by atoms with Gasteiger partial charge in [-0.15, -0.1) is 0 Å². The predicted molar refractivity (Wildman–Crippen MR) is 129 cm³/mol. The van der Waals surface area contributed by atoms with Crippen LogP contribution in [-0.2, 0) is 11.4 Å². The molecule has 3 aromatic carbocycles. The van der Waals surface area contributed by atoms with E-state index in [1.165, 1.54) is 24.3 Å². The normalized spacial score (nSPS) is 10.8. The number of anilines is 1. The Labute approximate surface area is 201 Å². The molecule has 1 amide bonds. The molecule has 34 heavy (non-hydrogen) atoms. The molecule has 1 N–H and O–H groups in total. The Morgan fingerprint density at radius 1 is 1.12 bits per heavy atom. The first kappa shape index (κ1) is 24.3. The molecule has 0 saturated carbocycles. The molecule has 0 radical (unpaired) electrons. The van der Waals surface area contributed by atoms with E-state index in [-0.39, 0.29) is 23.6 Å². The number of carbonyl (C=O) groups is 1. The molecule has 172 valence electrons. The maximum Gasteiger partial charge on any atom is 0.292 e. The summed E-state index contributed by atoms with van der Waals surface area (Å²) in [5.74, 6) is 0.135. The van der Waals surface area contributed by atoms with Crippen LogP contribution in [0.15, 0.2) is 72.3 Å². The largest absolute Gasteiger partial charge is 0.490 e. The molecule has 0 fully saturated rings. The summed E-state index contributed by atoms with van der Waals surface area (Å²) < 4.78 is 11.5. The van der Waals surface area contributed by atoms with Gasteiger partial charge in [0.15, 0.2) is 11.5 Å². The van der Waals surface area contributed by atoms with E-state index >= 15 is 0 Å². The van der Waals surface area contributed by atoms with Gasteiger partial charge in [-0.3, -0.25) is 14.9 Å². The molecule has 0 bridgehead atoms. The lowest BCUT2D eigenvalue weighted by molar-refractivity contribution is -0.383. The third-order valence-corrected chi connectivity index (χ3v) is 5.00. The number of nitrogens with one attached hydrogen (secondary N) is 1. The van der Waals surface area contributed by atoms with E-state index in [0.717, 1.165) is 5.56 Å². The minimum atomic E-state index is -0.770. The number of hydrogen-bond donors (Lipinski definition) is 1. The Hall–Kier alpha value is -4.35. The van der Waals surface area contributed by atoms with Crippen molar-refractivity contribution >= 4 is 35.0 Å². The highest BCUT2D eigenvalue weighted by Gasteiger charge is 2.17. The number of hydrogen-bond acceptors (Lipinski definition) is 6. The highest BCUT2D eigenvalue weighted by Crippen LogP contribution is 2.31. The van der Waals surface area contributed by atoms with Crippen molar-refractivity contribution in [2.75, 3.05) is 11.9 Å². The Bertz CT molecular complexity index is 1280. The van der Waals surface area contributed by atoms with Crippen LogP contribution in [0.3, 0.4) is 0 Å². The van der Waals surface area contributed by atoms with Crippen molar-refractivity contribution in [3.05, 3.63) is 98.6 Å². The van der Waals surface area contributed by atoms with Gasteiger partial charge in [0.2, 0.25) is 0 Å². The quantitative estimate of drug-likeness (QED) is 0.181. The zero-order valence-electron chi connectivity index (χ0n) is 18.2. The number of carbonyl (C=O) groups excluding carboxylic acids is 1. The second-order valence-electron chi connectivity index (χ2n) is 6.92. The number of para-hydroxylation sites is 2. The topological polar surface area (TPSA) is 114 Å². The summed E-state index contributed by atoms with van der Waals surface area (Å²) in [7, 11) is 0. The van der Waals surface area contributed by atoms with Crippen molar-refractivity contribution in [3.63, 3.8) is 0 Å². The SMILES string of the molecule is CCOc1cc(/C=C(/C#N)C(=O)Nc2ccccc2[N+](=O)[O-])ccc1OCc1ccccc1Cl. The van der Waals surface area contributed by atoms with Crippen LogP contribution in [0, 0.1) is 21.4 Å². The average molecular weight is 478 g/mol. The molecule has 0 aliphatic carbocycles. The molecule has 0 saturated heterocycles. The molecule has 0 spiro atoms. The van der Waals surface area contributed by atoms with E-state index in [0.29, 0.717) is 28.7 Å². The molecule has 8 nitrogen and oxygen atoms in total. The van der Waals surface area contributed by atoms with Gasteiger partial charge in [0.25, 0.3) is 11.6 Å². The molecule has 0 aliphatic rings. The number of nitriles is 1. The standard InChI is InChI=1S/C25H20ClN3O5/c1-2-33-24-14-17(11-12-23(24)34-16-18-7-3-4-8-20(18)26)13-19(15-27)25(30)28-21-9-5-6-10-22(21)29(31)32/h3-14H,2,16H2,1H3,(H,28,30)/b19-13-. The maximum atomic E-state index is 12.6. The summed E-state index contributed by atoms with van der Waals surface area (Å²) in [4.78, 5) is 23.2. The second-order valence-corrected chi connectivity index (χ2v) is 7.32. The van der Waals surface area contributed by atoms with Gasteiger partial charge in [0, 0.05) is 16.7 Å². The third-order valence-electron chi connectivity index (χ3n) is 4.63. The molecule has 0 unspecified atom stereocenters. The Morgan fingerprint density at radius 3 is 2.56 bits per heavy atom. The molecule has 9 heteroatoms. The van der Waals surface area contributed by atoms with Crippen LogP contribution in [0.1, 0.15) is 18.1 Å². The van der Waals surface area contributed by atoms with Crippen molar-refractivity contribution in [1.29, 1.82) is 5.26 Å². The molecule has 0 aromatic heterocycles. The fourth-order valence-electron chi connectivity index (χ4n) is 3.02. The first-order valence-corrected chi connectivity index (χ1v) is 10.6. The lowest BCUT2D eigenvalue weighted by atomic mass is 10.1. The fourth-order valence-corrected chi connectivity index (χ4v) is 3.21. The summed E-state index contributed by atoms with van der Waals surface area (Å²) in [6.07, 6.45) is 1.37. The van der Waals surface area contributed by atoms with Gasteiger partial charge in [0.1, 0.15) is 23.9 Å². The van der Waals surface area contributed by atoms with Gasteiger partial charge in [-0.05, 0) is 42.8 Å². The molecule has 0 heterocycles. The molecule has 0 aliphatic heterocycles. The van der Waals surface area contributed by atoms with Crippen LogP contribution < -0.4 is 14.8 Å². The number of amides is 1. The van der Waals surface area contributed by atoms with E-state index < -0.39 is 10.8 Å². The number of nitrogens with zero attached hydrogens (tertiary/aromatic N) is 2. The second kappa shape index (κ2) is 11.5. The van der Waals surface area contributed by atoms with Gasteiger partial charge in [0.05, 0.1) is 11.5 Å². The zero-order chi connectivity index (χ0) is 24.5. The van der Waals surface area contributed by atoms with Crippen molar-refractivity contribution in [3.8, 4) is 17.6 Å². The number of nitro benzene ring substituents is 1. The Morgan fingerprint density at radius 2 is 1.85 bits per heavy atom. The van der Waals surface area contributed by atoms with Crippen LogP contribution >= 0.6 is 11.6 Å². The van der Waals surface area contributed by atoms with Crippen molar-refractivity contribution in [2.24, 2.45) is 0 Å². The van der Waals surface area contributed by atoms with Crippen molar-refractivity contribution in [1.82, 2.24) is 0 Å². The van der Waals surface area contributed by atoms with Gasteiger partial charge in [-0.2, -0.15) is 5.26 Å². The van der Waals surface area contributed by atoms with Gasteiger partial charge in [-0.25, -0.2) is 0 Å². The Balaban J connectivity index is 1.82. The van der Waals surface area contributed by atoms with Gasteiger partial charge in [-0.1, -0.05) is 48.0 Å². The predicted octanol–water partition coefficient (Wildman–Crippen LogP) is 5.77. The van der Waals surface area contributed by atoms with E-state index in [1.807, 2.05) is 31.2 Å². The van der Waals surface area contributed by atoms with Crippen LogP contribution in [0.25, 0.3) is 6.08 Å². The van der Waals surface area contributed by atoms with Crippen LogP contribution in [-0.4, -0.2) is 17.4 Å². The lowest BCUT2D eigenvalue weighted by Crippen LogP contribution is -2.14. The van der Waals surface area contributed by atoms with E-state index in [4.69, 9.17) is 21.1 Å². The number of rotatable bonds is 9. The average Bonchev–Trinajstić information content (AvgIpc) is 2.83. The van der Waals surface area contributed by atoms with Crippen LogP contribution in [0.2, 0.25) is 5.02 Å². The molecular formula is C25H20ClN3O5. The van der Waals surface area contributed by atoms with Gasteiger partial charge < -0.3 is 14.8 Å². The number of ether oxygens (including phenoxy) is 2. The molecule has 0 atom stereocenters. The minimum absolute atomic E-state index is 0.00280. The van der Waals surface area contributed by atoms with E-state index in [2.05, 4.69) is 5.32 Å². The number of benzene rings is 3. The van der Waals surface area contributed by atoms with Crippen LogP contribution in [0.4, 0.5) is 11.4 Å². The van der Waals surface area contributed by atoms with Crippen LogP contribution in [0.5, 0.6) is 11.5 Å². The summed E-state index contributed by atoms with van der Waals surface area (Å²) in [6.45, 7) is 2.43. The molecular weight excluding hydrogens is 458 g/mol. The van der Waals surface area contributed by atoms with Gasteiger partial charge >= 0.3 is 0 Å².